The molecular formula is C7H16N2O3. The second kappa shape index (κ2) is 5.08. The van der Waals surface area contributed by atoms with Crippen LogP contribution in [-0.2, 0) is 9.53 Å². The Morgan fingerprint density at radius 3 is 2.58 bits per heavy atom. The maximum Gasteiger partial charge on any atom is 0.326 e. The van der Waals surface area contributed by atoms with E-state index in [9.17, 15) is 4.79 Å². The molecule has 0 radical (unpaired) electrons. The molecule has 0 saturated carbocycles. The fourth-order valence-corrected chi connectivity index (χ4v) is 0.916. The van der Waals surface area contributed by atoms with Gasteiger partial charge in [-0.3, -0.25) is 4.79 Å². The van der Waals surface area contributed by atoms with Crippen LogP contribution in [-0.4, -0.2) is 36.9 Å². The molecule has 0 heterocycles. The Morgan fingerprint density at radius 1 is 1.67 bits per heavy atom. The first kappa shape index (κ1) is 11.4. The molecule has 5 N–H and O–H groups in total. The van der Waals surface area contributed by atoms with Crippen LogP contribution >= 0.6 is 0 Å². The molecule has 72 valence electrons. The molecule has 0 aromatic rings. The van der Waals surface area contributed by atoms with Crippen molar-refractivity contribution in [1.82, 2.24) is 0 Å². The van der Waals surface area contributed by atoms with Gasteiger partial charge in [-0.2, -0.15) is 0 Å². The molecule has 1 atom stereocenters. The Hall–Kier alpha value is -0.650. The predicted octanol–water partition coefficient (Wildman–Crippen LogP) is -0.846. The highest BCUT2D eigenvalue weighted by Crippen LogP contribution is 2.09. The van der Waals surface area contributed by atoms with Crippen LogP contribution in [0.5, 0.6) is 0 Å². The van der Waals surface area contributed by atoms with Gasteiger partial charge in [-0.25, -0.2) is 0 Å². The molecule has 0 aliphatic rings. The van der Waals surface area contributed by atoms with Crippen molar-refractivity contribution in [1.29, 1.82) is 0 Å². The third-order valence-corrected chi connectivity index (χ3v) is 1.65. The number of methoxy groups -OCH3 is 1. The SMILES string of the molecule is COC[C@@](N)(CCCN)C(=O)O. The largest absolute Gasteiger partial charge is 0.480 e. The fourth-order valence-electron chi connectivity index (χ4n) is 0.916. The summed E-state index contributed by atoms with van der Waals surface area (Å²) in [6.45, 7) is 0.457. The van der Waals surface area contributed by atoms with Crippen LogP contribution in [0.4, 0.5) is 0 Å². The van der Waals surface area contributed by atoms with Gasteiger partial charge in [-0.15, -0.1) is 0 Å². The van der Waals surface area contributed by atoms with E-state index < -0.39 is 11.5 Å². The summed E-state index contributed by atoms with van der Waals surface area (Å²) in [5.74, 6) is -1.04. The van der Waals surface area contributed by atoms with Gasteiger partial charge in [0.25, 0.3) is 0 Å². The highest BCUT2D eigenvalue weighted by Gasteiger charge is 2.33. The molecule has 0 aliphatic heterocycles. The van der Waals surface area contributed by atoms with E-state index in [2.05, 4.69) is 0 Å². The minimum absolute atomic E-state index is 0.0162. The molecule has 0 aliphatic carbocycles. The smallest absolute Gasteiger partial charge is 0.326 e. The standard InChI is InChI=1S/C7H16N2O3/c1-12-5-7(9,6(10)11)3-2-4-8/h2-5,8-9H2,1H3,(H,10,11)/t7-/m0/s1. The van der Waals surface area contributed by atoms with Gasteiger partial charge < -0.3 is 21.3 Å². The number of carboxylic acid groups (broad SMARTS) is 1. The lowest BCUT2D eigenvalue weighted by atomic mass is 9.96. The zero-order chi connectivity index (χ0) is 9.61. The number of carboxylic acids is 1. The average Bonchev–Trinajstić information content (AvgIpc) is 2.01. The summed E-state index contributed by atoms with van der Waals surface area (Å²) in [6, 6.07) is 0. The quantitative estimate of drug-likeness (QED) is 0.490. The molecule has 0 aromatic heterocycles. The maximum absolute atomic E-state index is 10.7. The van der Waals surface area contributed by atoms with Gasteiger partial charge in [-0.05, 0) is 19.4 Å². The summed E-state index contributed by atoms with van der Waals surface area (Å²) >= 11 is 0. The topological polar surface area (TPSA) is 98.6 Å². The highest BCUT2D eigenvalue weighted by molar-refractivity contribution is 5.78. The first-order valence-electron chi connectivity index (χ1n) is 3.78. The lowest BCUT2D eigenvalue weighted by molar-refractivity contribution is -0.145. The molecule has 0 aromatic carbocycles. The Labute approximate surface area is 71.7 Å². The van der Waals surface area contributed by atoms with Crippen molar-refractivity contribution >= 4 is 5.97 Å². The zero-order valence-electron chi connectivity index (χ0n) is 7.25. The van der Waals surface area contributed by atoms with Crippen LogP contribution in [0.15, 0.2) is 0 Å². The predicted molar refractivity (Wildman–Crippen MR) is 44.7 cm³/mol. The van der Waals surface area contributed by atoms with E-state index in [1.165, 1.54) is 7.11 Å². The number of aliphatic carboxylic acids is 1. The van der Waals surface area contributed by atoms with Gasteiger partial charge in [0.05, 0.1) is 6.61 Å². The number of rotatable bonds is 6. The van der Waals surface area contributed by atoms with Gasteiger partial charge in [0.2, 0.25) is 0 Å². The van der Waals surface area contributed by atoms with Crippen LogP contribution in [0, 0.1) is 0 Å². The first-order valence-corrected chi connectivity index (χ1v) is 3.78. The van der Waals surface area contributed by atoms with E-state index in [-0.39, 0.29) is 6.61 Å². The maximum atomic E-state index is 10.7. The summed E-state index contributed by atoms with van der Waals surface area (Å²) in [6.07, 6.45) is 0.929. The fraction of sp³-hybridized carbons (Fsp3) is 0.857. The van der Waals surface area contributed by atoms with Crippen molar-refractivity contribution in [2.24, 2.45) is 11.5 Å². The molecule has 5 heteroatoms. The van der Waals surface area contributed by atoms with Crippen LogP contribution < -0.4 is 11.5 Å². The van der Waals surface area contributed by atoms with Gasteiger partial charge >= 0.3 is 5.97 Å². The number of carbonyl (C=O) groups is 1. The number of nitrogens with two attached hydrogens (primary N) is 2. The molecule has 0 unspecified atom stereocenters. The Morgan fingerprint density at radius 2 is 2.25 bits per heavy atom. The van der Waals surface area contributed by atoms with Gasteiger partial charge in [-0.1, -0.05) is 0 Å². The summed E-state index contributed by atoms with van der Waals surface area (Å²) in [5, 5.41) is 8.74. The Balaban J connectivity index is 4.08. The van der Waals surface area contributed by atoms with Crippen molar-refractivity contribution in [2.75, 3.05) is 20.3 Å². The van der Waals surface area contributed by atoms with Gasteiger partial charge in [0.1, 0.15) is 5.54 Å². The minimum Gasteiger partial charge on any atom is -0.480 e. The molecule has 0 fully saturated rings. The summed E-state index contributed by atoms with van der Waals surface area (Å²) < 4.78 is 4.72. The highest BCUT2D eigenvalue weighted by atomic mass is 16.5. The third kappa shape index (κ3) is 3.17. The van der Waals surface area contributed by atoms with Gasteiger partial charge in [0, 0.05) is 7.11 Å². The molecule has 0 bridgehead atoms. The summed E-state index contributed by atoms with van der Waals surface area (Å²) in [5.41, 5.74) is 9.52. The van der Waals surface area contributed by atoms with Crippen LogP contribution in [0.2, 0.25) is 0 Å². The molecule has 0 saturated heterocycles. The number of hydrogen-bond donors (Lipinski definition) is 3. The molecule has 0 spiro atoms. The van der Waals surface area contributed by atoms with Crippen LogP contribution in [0.3, 0.4) is 0 Å². The molecule has 0 amide bonds. The molecular weight excluding hydrogens is 160 g/mol. The molecule has 12 heavy (non-hydrogen) atoms. The molecule has 0 rings (SSSR count). The lowest BCUT2D eigenvalue weighted by Crippen LogP contribution is -2.52. The Kier molecular flexibility index (Phi) is 4.80. The van der Waals surface area contributed by atoms with E-state index in [1.54, 1.807) is 0 Å². The van der Waals surface area contributed by atoms with Crippen LogP contribution in [0.1, 0.15) is 12.8 Å². The average molecular weight is 176 g/mol. The minimum atomic E-state index is -1.28. The van der Waals surface area contributed by atoms with Crippen molar-refractivity contribution in [3.8, 4) is 0 Å². The van der Waals surface area contributed by atoms with E-state index in [0.29, 0.717) is 19.4 Å². The van der Waals surface area contributed by atoms with Gasteiger partial charge in [0.15, 0.2) is 0 Å². The van der Waals surface area contributed by atoms with E-state index in [4.69, 9.17) is 21.3 Å². The van der Waals surface area contributed by atoms with Crippen LogP contribution in [0.25, 0.3) is 0 Å². The number of hydrogen-bond acceptors (Lipinski definition) is 4. The van der Waals surface area contributed by atoms with E-state index >= 15 is 0 Å². The Bertz CT molecular complexity index is 152. The second-order valence-corrected chi connectivity index (χ2v) is 2.79. The van der Waals surface area contributed by atoms with E-state index in [1.807, 2.05) is 0 Å². The lowest BCUT2D eigenvalue weighted by Gasteiger charge is -2.23. The third-order valence-electron chi connectivity index (χ3n) is 1.65. The summed E-state index contributed by atoms with van der Waals surface area (Å²) in [7, 11) is 1.42. The van der Waals surface area contributed by atoms with Crippen molar-refractivity contribution in [2.45, 2.75) is 18.4 Å². The van der Waals surface area contributed by atoms with E-state index in [0.717, 1.165) is 0 Å². The van der Waals surface area contributed by atoms with Crippen molar-refractivity contribution in [3.63, 3.8) is 0 Å². The zero-order valence-corrected chi connectivity index (χ0v) is 7.25. The van der Waals surface area contributed by atoms with Crippen molar-refractivity contribution < 1.29 is 14.6 Å². The monoisotopic (exact) mass is 176 g/mol. The number of ether oxygens (including phenoxy) is 1. The second-order valence-electron chi connectivity index (χ2n) is 2.79. The first-order chi connectivity index (χ1) is 5.56. The molecule has 5 nitrogen and oxygen atoms in total. The normalized spacial score (nSPS) is 15.6. The van der Waals surface area contributed by atoms with Crippen molar-refractivity contribution in [3.05, 3.63) is 0 Å². The summed E-state index contributed by atoms with van der Waals surface area (Å²) in [4.78, 5) is 10.7.